The largest absolute Gasteiger partial charge is 0.506 e. The lowest BCUT2D eigenvalue weighted by Crippen LogP contribution is -2.13. The van der Waals surface area contributed by atoms with Gasteiger partial charge in [-0.2, -0.15) is 0 Å². The summed E-state index contributed by atoms with van der Waals surface area (Å²) in [4.78, 5) is 23.9. The molecule has 0 radical (unpaired) electrons. The maximum Gasteiger partial charge on any atom is 0.255 e. The Morgan fingerprint density at radius 1 is 1.33 bits per heavy atom. The zero-order valence-corrected chi connectivity index (χ0v) is 12.7. The van der Waals surface area contributed by atoms with Gasteiger partial charge in [0.25, 0.3) is 5.91 Å². The van der Waals surface area contributed by atoms with Gasteiger partial charge in [0.1, 0.15) is 5.75 Å². The fourth-order valence-corrected chi connectivity index (χ4v) is 2.29. The summed E-state index contributed by atoms with van der Waals surface area (Å²) in [5.41, 5.74) is 2.02. The molecule has 5 nitrogen and oxygen atoms in total. The van der Waals surface area contributed by atoms with Crippen LogP contribution in [0.4, 0.5) is 5.69 Å². The molecule has 0 aliphatic carbocycles. The number of carbonyl (C=O) groups is 2. The third-order valence-electron chi connectivity index (χ3n) is 3.29. The number of phenols is 1. The number of amides is 1. The highest BCUT2D eigenvalue weighted by Crippen LogP contribution is 2.26. The maximum atomic E-state index is 12.2. The summed E-state index contributed by atoms with van der Waals surface area (Å²) >= 11 is 5.78. The van der Waals surface area contributed by atoms with Crippen molar-refractivity contribution in [2.45, 2.75) is 13.8 Å². The zero-order valence-electron chi connectivity index (χ0n) is 11.9. The molecule has 0 saturated carbocycles. The normalized spacial score (nSPS) is 10.5. The predicted octanol–water partition coefficient (Wildman–Crippen LogP) is 3.15. The van der Waals surface area contributed by atoms with Crippen molar-refractivity contribution in [1.29, 1.82) is 0 Å². The Morgan fingerprint density at radius 3 is 2.57 bits per heavy atom. The average Bonchev–Trinajstić information content (AvgIpc) is 2.68. The Kier molecular flexibility index (Phi) is 4.04. The first-order valence-electron chi connectivity index (χ1n) is 6.28. The molecule has 21 heavy (non-hydrogen) atoms. The van der Waals surface area contributed by atoms with Gasteiger partial charge in [0, 0.05) is 24.5 Å². The van der Waals surface area contributed by atoms with E-state index in [0.29, 0.717) is 16.8 Å². The number of carbonyl (C=O) groups excluding carboxylic acids is 2. The summed E-state index contributed by atoms with van der Waals surface area (Å²) in [6.07, 6.45) is 1.69. The summed E-state index contributed by atoms with van der Waals surface area (Å²) < 4.78 is 1.77. The van der Waals surface area contributed by atoms with Crippen molar-refractivity contribution in [2.75, 3.05) is 5.32 Å². The van der Waals surface area contributed by atoms with E-state index in [1.165, 1.54) is 25.1 Å². The molecule has 0 atom stereocenters. The van der Waals surface area contributed by atoms with Gasteiger partial charge < -0.3 is 15.0 Å². The third-order valence-corrected chi connectivity index (χ3v) is 3.60. The lowest BCUT2D eigenvalue weighted by molar-refractivity contribution is 0.101. The SMILES string of the molecule is CC(=O)c1c(NC(=O)c2ccc(O)c(Cl)c2)cn(C)c1C. The number of hydrogen-bond acceptors (Lipinski definition) is 3. The van der Waals surface area contributed by atoms with E-state index in [0.717, 1.165) is 5.69 Å². The molecule has 0 saturated heterocycles. The van der Waals surface area contributed by atoms with Crippen LogP contribution in [0, 0.1) is 6.92 Å². The number of aromatic hydroxyl groups is 1. The average molecular weight is 307 g/mol. The molecule has 0 fully saturated rings. The zero-order chi connectivity index (χ0) is 15.7. The van der Waals surface area contributed by atoms with Crippen LogP contribution < -0.4 is 5.32 Å². The molecule has 0 aliphatic rings. The second kappa shape index (κ2) is 5.61. The molecule has 1 heterocycles. The molecule has 0 unspecified atom stereocenters. The van der Waals surface area contributed by atoms with Crippen molar-refractivity contribution in [2.24, 2.45) is 7.05 Å². The lowest BCUT2D eigenvalue weighted by Gasteiger charge is -2.06. The number of anilines is 1. The molecule has 0 aliphatic heterocycles. The van der Waals surface area contributed by atoms with Crippen molar-refractivity contribution in [3.63, 3.8) is 0 Å². The number of Topliss-reactive ketones (excluding diaryl/α,β-unsaturated/α-hetero) is 1. The molecule has 0 spiro atoms. The first-order chi connectivity index (χ1) is 9.81. The first-order valence-corrected chi connectivity index (χ1v) is 6.65. The summed E-state index contributed by atoms with van der Waals surface area (Å²) in [6, 6.07) is 4.18. The molecule has 110 valence electrons. The van der Waals surface area contributed by atoms with Gasteiger partial charge in [-0.3, -0.25) is 9.59 Å². The van der Waals surface area contributed by atoms with Crippen LogP contribution in [0.15, 0.2) is 24.4 Å². The summed E-state index contributed by atoms with van der Waals surface area (Å²) in [5.74, 6) is -0.606. The summed E-state index contributed by atoms with van der Waals surface area (Å²) in [6.45, 7) is 3.26. The monoisotopic (exact) mass is 306 g/mol. The van der Waals surface area contributed by atoms with Crippen LogP contribution in [0.25, 0.3) is 0 Å². The third kappa shape index (κ3) is 2.92. The van der Waals surface area contributed by atoms with Crippen LogP contribution in [-0.4, -0.2) is 21.4 Å². The number of aryl methyl sites for hydroxylation is 1. The Balaban J connectivity index is 2.33. The number of nitrogens with zero attached hydrogens (tertiary/aromatic N) is 1. The van der Waals surface area contributed by atoms with E-state index in [-0.39, 0.29) is 16.6 Å². The van der Waals surface area contributed by atoms with Crippen LogP contribution in [0.3, 0.4) is 0 Å². The number of phenolic OH excluding ortho intramolecular Hbond substituents is 1. The molecule has 2 rings (SSSR count). The van der Waals surface area contributed by atoms with Crippen molar-refractivity contribution in [3.05, 3.63) is 46.2 Å². The fourth-order valence-electron chi connectivity index (χ4n) is 2.11. The van der Waals surface area contributed by atoms with Crippen LogP contribution in [0.2, 0.25) is 5.02 Å². The van der Waals surface area contributed by atoms with E-state index in [1.807, 2.05) is 6.92 Å². The van der Waals surface area contributed by atoms with Crippen molar-refractivity contribution < 1.29 is 14.7 Å². The molecule has 1 aromatic carbocycles. The van der Waals surface area contributed by atoms with Crippen LogP contribution in [0.1, 0.15) is 33.3 Å². The van der Waals surface area contributed by atoms with E-state index in [4.69, 9.17) is 11.6 Å². The second-order valence-corrected chi connectivity index (χ2v) is 5.20. The number of rotatable bonds is 3. The standard InChI is InChI=1S/C15H15ClN2O3/c1-8-14(9(2)19)12(7-18(8)3)17-15(21)10-4-5-13(20)11(16)6-10/h4-7,20H,1-3H3,(H,17,21). The Hall–Kier alpha value is -2.27. The van der Waals surface area contributed by atoms with E-state index in [9.17, 15) is 14.7 Å². The molecule has 1 amide bonds. The van der Waals surface area contributed by atoms with Crippen LogP contribution in [0.5, 0.6) is 5.75 Å². The van der Waals surface area contributed by atoms with Crippen LogP contribution in [-0.2, 0) is 7.05 Å². The summed E-state index contributed by atoms with van der Waals surface area (Å²) in [5, 5.41) is 12.2. The van der Waals surface area contributed by atoms with Crippen molar-refractivity contribution in [1.82, 2.24) is 4.57 Å². The minimum atomic E-state index is -0.398. The predicted molar refractivity (Wildman–Crippen MR) is 81.2 cm³/mol. The van der Waals surface area contributed by atoms with Gasteiger partial charge in [0.2, 0.25) is 0 Å². The highest BCUT2D eigenvalue weighted by Gasteiger charge is 2.17. The number of hydrogen-bond donors (Lipinski definition) is 2. The van der Waals surface area contributed by atoms with Gasteiger partial charge in [-0.25, -0.2) is 0 Å². The first kappa shape index (κ1) is 15.1. The Morgan fingerprint density at radius 2 is 2.00 bits per heavy atom. The lowest BCUT2D eigenvalue weighted by atomic mass is 10.1. The summed E-state index contributed by atoms with van der Waals surface area (Å²) in [7, 11) is 1.80. The van der Waals surface area contributed by atoms with Crippen LogP contribution >= 0.6 is 11.6 Å². The van der Waals surface area contributed by atoms with Crippen molar-refractivity contribution >= 4 is 29.0 Å². The minimum absolute atomic E-state index is 0.0896. The smallest absolute Gasteiger partial charge is 0.255 e. The van der Waals surface area contributed by atoms with Gasteiger partial charge in [-0.05, 0) is 32.0 Å². The molecular formula is C15H15ClN2O3. The number of aromatic nitrogens is 1. The van der Waals surface area contributed by atoms with E-state index < -0.39 is 5.91 Å². The molecular weight excluding hydrogens is 292 g/mol. The molecule has 0 bridgehead atoms. The maximum absolute atomic E-state index is 12.2. The highest BCUT2D eigenvalue weighted by atomic mass is 35.5. The quantitative estimate of drug-likeness (QED) is 0.856. The Labute approximate surface area is 127 Å². The van der Waals surface area contributed by atoms with Gasteiger partial charge >= 0.3 is 0 Å². The number of benzene rings is 1. The van der Waals surface area contributed by atoms with Crippen molar-refractivity contribution in [3.8, 4) is 5.75 Å². The van der Waals surface area contributed by atoms with Gasteiger partial charge in [0.05, 0.1) is 16.3 Å². The number of nitrogens with one attached hydrogen (secondary N) is 1. The van der Waals surface area contributed by atoms with Gasteiger partial charge in [-0.1, -0.05) is 11.6 Å². The molecule has 2 aromatic rings. The molecule has 6 heteroatoms. The van der Waals surface area contributed by atoms with E-state index in [1.54, 1.807) is 17.8 Å². The Bertz CT molecular complexity index is 735. The number of ketones is 1. The second-order valence-electron chi connectivity index (χ2n) is 4.79. The van der Waals surface area contributed by atoms with Gasteiger partial charge in [0.15, 0.2) is 5.78 Å². The topological polar surface area (TPSA) is 71.3 Å². The van der Waals surface area contributed by atoms with Gasteiger partial charge in [-0.15, -0.1) is 0 Å². The fraction of sp³-hybridized carbons (Fsp3) is 0.200. The highest BCUT2D eigenvalue weighted by molar-refractivity contribution is 6.32. The minimum Gasteiger partial charge on any atom is -0.506 e. The molecule has 2 N–H and O–H groups in total. The molecule has 1 aromatic heterocycles. The van der Waals surface area contributed by atoms with E-state index >= 15 is 0 Å². The number of halogens is 1. The van der Waals surface area contributed by atoms with E-state index in [2.05, 4.69) is 5.32 Å².